The normalized spacial score (nSPS) is 17.9. The highest BCUT2D eigenvalue weighted by Gasteiger charge is 2.15. The quantitative estimate of drug-likeness (QED) is 0.799. The molecule has 15 heavy (non-hydrogen) atoms. The molecule has 3 nitrogen and oxygen atoms in total. The number of ether oxygens (including phenoxy) is 1. The van der Waals surface area contributed by atoms with E-state index in [1.165, 1.54) is 5.69 Å². The summed E-state index contributed by atoms with van der Waals surface area (Å²) in [4.78, 5) is 2.38. The number of rotatable bonds is 2. The maximum Gasteiger partial charge on any atom is 0.119 e. The van der Waals surface area contributed by atoms with Crippen LogP contribution < -0.4 is 15.4 Å². The molecule has 3 heteroatoms. The maximum atomic E-state index is 5.87. The summed E-state index contributed by atoms with van der Waals surface area (Å²) < 4.78 is 5.14. The van der Waals surface area contributed by atoms with Crippen LogP contribution in [-0.4, -0.2) is 26.2 Å². The van der Waals surface area contributed by atoms with E-state index < -0.39 is 0 Å². The van der Waals surface area contributed by atoms with E-state index >= 15 is 0 Å². The van der Waals surface area contributed by atoms with Gasteiger partial charge in [-0.1, -0.05) is 0 Å². The van der Waals surface area contributed by atoms with Gasteiger partial charge in [-0.05, 0) is 37.1 Å². The molecule has 1 heterocycles. The summed E-state index contributed by atoms with van der Waals surface area (Å²) in [6.45, 7) is 2.13. The molecule has 0 unspecified atom stereocenters. The lowest BCUT2D eigenvalue weighted by atomic mass is 10.1. The van der Waals surface area contributed by atoms with E-state index in [9.17, 15) is 0 Å². The van der Waals surface area contributed by atoms with Crippen LogP contribution in [0.15, 0.2) is 24.3 Å². The Morgan fingerprint density at radius 3 is 2.33 bits per heavy atom. The monoisotopic (exact) mass is 206 g/mol. The van der Waals surface area contributed by atoms with E-state index in [1.807, 2.05) is 12.1 Å². The molecular weight excluding hydrogens is 188 g/mol. The first-order chi connectivity index (χ1) is 7.29. The minimum absolute atomic E-state index is 0.388. The Morgan fingerprint density at radius 1 is 1.20 bits per heavy atom. The zero-order valence-corrected chi connectivity index (χ0v) is 9.15. The first-order valence-corrected chi connectivity index (χ1v) is 5.44. The van der Waals surface area contributed by atoms with Crippen LogP contribution in [0.5, 0.6) is 5.75 Å². The van der Waals surface area contributed by atoms with Gasteiger partial charge in [0.05, 0.1) is 7.11 Å². The molecule has 0 amide bonds. The molecule has 0 aliphatic carbocycles. The average Bonchev–Trinajstić information content (AvgIpc) is 2.30. The van der Waals surface area contributed by atoms with Gasteiger partial charge in [-0.2, -0.15) is 0 Å². The smallest absolute Gasteiger partial charge is 0.119 e. The minimum atomic E-state index is 0.388. The molecule has 0 spiro atoms. The lowest BCUT2D eigenvalue weighted by Gasteiger charge is -2.32. The molecule has 2 N–H and O–H groups in total. The molecular formula is C12H18N2O. The van der Waals surface area contributed by atoms with Crippen LogP contribution in [0.4, 0.5) is 5.69 Å². The molecule has 0 aromatic heterocycles. The van der Waals surface area contributed by atoms with Crippen molar-refractivity contribution in [2.45, 2.75) is 18.9 Å². The summed E-state index contributed by atoms with van der Waals surface area (Å²) in [5.74, 6) is 0.910. The summed E-state index contributed by atoms with van der Waals surface area (Å²) >= 11 is 0. The SMILES string of the molecule is COc1ccc(N2CCC(N)CC2)cc1. The first kappa shape index (κ1) is 10.3. The van der Waals surface area contributed by atoms with Crippen LogP contribution in [0, 0.1) is 0 Å². The Labute approximate surface area is 90.8 Å². The number of piperidine rings is 1. The molecule has 82 valence electrons. The van der Waals surface area contributed by atoms with Gasteiger partial charge in [0, 0.05) is 24.8 Å². The number of hydrogen-bond acceptors (Lipinski definition) is 3. The third-order valence-electron chi connectivity index (χ3n) is 2.98. The van der Waals surface area contributed by atoms with Crippen molar-refractivity contribution in [2.75, 3.05) is 25.1 Å². The minimum Gasteiger partial charge on any atom is -0.497 e. The number of nitrogens with two attached hydrogens (primary N) is 1. The molecule has 1 fully saturated rings. The van der Waals surface area contributed by atoms with Gasteiger partial charge in [-0.3, -0.25) is 0 Å². The predicted molar refractivity (Wildman–Crippen MR) is 62.4 cm³/mol. The van der Waals surface area contributed by atoms with Crippen LogP contribution in [0.2, 0.25) is 0 Å². The van der Waals surface area contributed by atoms with Gasteiger partial charge in [0.15, 0.2) is 0 Å². The number of benzene rings is 1. The van der Waals surface area contributed by atoms with Gasteiger partial charge in [0.1, 0.15) is 5.75 Å². The van der Waals surface area contributed by atoms with E-state index in [-0.39, 0.29) is 0 Å². The van der Waals surface area contributed by atoms with Crippen molar-refractivity contribution >= 4 is 5.69 Å². The van der Waals surface area contributed by atoms with Crippen molar-refractivity contribution in [3.63, 3.8) is 0 Å². The van der Waals surface area contributed by atoms with Gasteiger partial charge < -0.3 is 15.4 Å². The Hall–Kier alpha value is -1.22. The largest absolute Gasteiger partial charge is 0.497 e. The van der Waals surface area contributed by atoms with Crippen molar-refractivity contribution in [1.29, 1.82) is 0 Å². The first-order valence-electron chi connectivity index (χ1n) is 5.44. The predicted octanol–water partition coefficient (Wildman–Crippen LogP) is 1.62. The van der Waals surface area contributed by atoms with Gasteiger partial charge in [-0.25, -0.2) is 0 Å². The standard InChI is InChI=1S/C12H18N2O/c1-15-12-4-2-11(3-5-12)14-8-6-10(13)7-9-14/h2-5,10H,6-9,13H2,1H3. The van der Waals surface area contributed by atoms with Gasteiger partial charge in [0.2, 0.25) is 0 Å². The fourth-order valence-corrected chi connectivity index (χ4v) is 1.95. The van der Waals surface area contributed by atoms with Crippen LogP contribution in [0.1, 0.15) is 12.8 Å². The Morgan fingerprint density at radius 2 is 1.80 bits per heavy atom. The van der Waals surface area contributed by atoms with Crippen molar-refractivity contribution in [1.82, 2.24) is 0 Å². The lowest BCUT2D eigenvalue weighted by molar-refractivity contribution is 0.414. The molecule has 0 radical (unpaired) electrons. The zero-order chi connectivity index (χ0) is 10.7. The maximum absolute atomic E-state index is 5.87. The molecule has 1 aromatic rings. The number of anilines is 1. The molecule has 1 aliphatic rings. The van der Waals surface area contributed by atoms with E-state index in [0.29, 0.717) is 6.04 Å². The van der Waals surface area contributed by atoms with Crippen molar-refractivity contribution in [3.8, 4) is 5.75 Å². The molecule has 0 atom stereocenters. The highest BCUT2D eigenvalue weighted by atomic mass is 16.5. The molecule has 1 saturated heterocycles. The van der Waals surface area contributed by atoms with Crippen LogP contribution in [0.3, 0.4) is 0 Å². The van der Waals surface area contributed by atoms with Crippen LogP contribution in [0.25, 0.3) is 0 Å². The van der Waals surface area contributed by atoms with Gasteiger partial charge >= 0.3 is 0 Å². The van der Waals surface area contributed by atoms with E-state index in [2.05, 4.69) is 17.0 Å². The second kappa shape index (κ2) is 4.53. The lowest BCUT2D eigenvalue weighted by Crippen LogP contribution is -2.39. The summed E-state index contributed by atoms with van der Waals surface area (Å²) in [6.07, 6.45) is 2.18. The van der Waals surface area contributed by atoms with Crippen LogP contribution in [-0.2, 0) is 0 Å². The summed E-state index contributed by atoms with van der Waals surface area (Å²) in [5.41, 5.74) is 7.14. The van der Waals surface area contributed by atoms with E-state index in [1.54, 1.807) is 7.11 Å². The third kappa shape index (κ3) is 2.42. The molecule has 0 saturated carbocycles. The molecule has 1 aromatic carbocycles. The second-order valence-corrected chi connectivity index (χ2v) is 4.02. The van der Waals surface area contributed by atoms with Gasteiger partial charge in [-0.15, -0.1) is 0 Å². The summed E-state index contributed by atoms with van der Waals surface area (Å²) in [5, 5.41) is 0. The molecule has 2 rings (SSSR count). The van der Waals surface area contributed by atoms with E-state index in [4.69, 9.17) is 10.5 Å². The molecule has 0 bridgehead atoms. The summed E-state index contributed by atoms with van der Waals surface area (Å²) in [6, 6.07) is 8.61. The Bertz CT molecular complexity index is 302. The Balaban J connectivity index is 2.03. The second-order valence-electron chi connectivity index (χ2n) is 4.02. The van der Waals surface area contributed by atoms with Crippen molar-refractivity contribution < 1.29 is 4.74 Å². The van der Waals surface area contributed by atoms with Crippen molar-refractivity contribution in [2.24, 2.45) is 5.73 Å². The zero-order valence-electron chi connectivity index (χ0n) is 9.15. The van der Waals surface area contributed by atoms with Crippen molar-refractivity contribution in [3.05, 3.63) is 24.3 Å². The molecule has 1 aliphatic heterocycles. The highest BCUT2D eigenvalue weighted by molar-refractivity contribution is 5.49. The third-order valence-corrected chi connectivity index (χ3v) is 2.98. The number of nitrogens with zero attached hydrogens (tertiary/aromatic N) is 1. The topological polar surface area (TPSA) is 38.5 Å². The Kier molecular flexibility index (Phi) is 3.11. The fourth-order valence-electron chi connectivity index (χ4n) is 1.95. The highest BCUT2D eigenvalue weighted by Crippen LogP contribution is 2.22. The average molecular weight is 206 g/mol. The van der Waals surface area contributed by atoms with E-state index in [0.717, 1.165) is 31.7 Å². The summed E-state index contributed by atoms with van der Waals surface area (Å²) in [7, 11) is 1.69. The van der Waals surface area contributed by atoms with Crippen LogP contribution >= 0.6 is 0 Å². The number of hydrogen-bond donors (Lipinski definition) is 1. The fraction of sp³-hybridized carbons (Fsp3) is 0.500. The number of methoxy groups -OCH3 is 1. The van der Waals surface area contributed by atoms with Gasteiger partial charge in [0.25, 0.3) is 0 Å².